The first kappa shape index (κ1) is 22.4. The molecule has 38 heavy (non-hydrogen) atoms. The molecule has 0 bridgehead atoms. The zero-order valence-corrected chi connectivity index (χ0v) is 22.2. The molecule has 0 saturated carbocycles. The Morgan fingerprint density at radius 2 is 1.74 bits per heavy atom. The molecule has 3 aromatic carbocycles. The highest BCUT2D eigenvalue weighted by molar-refractivity contribution is 9.10. The molecule has 8 rings (SSSR count). The summed E-state index contributed by atoms with van der Waals surface area (Å²) in [7, 11) is 0. The zero-order valence-electron chi connectivity index (χ0n) is 20.6. The summed E-state index contributed by atoms with van der Waals surface area (Å²) < 4.78 is 2.40. The molecule has 8 heteroatoms. The molecule has 4 aliphatic rings. The fourth-order valence-electron chi connectivity index (χ4n) is 7.64. The van der Waals surface area contributed by atoms with E-state index >= 15 is 0 Å². The average molecular weight is 567 g/mol. The van der Waals surface area contributed by atoms with Crippen LogP contribution in [0, 0.1) is 18.8 Å². The van der Waals surface area contributed by atoms with Gasteiger partial charge in [0.2, 0.25) is 11.8 Å². The third-order valence-electron chi connectivity index (χ3n) is 8.98. The van der Waals surface area contributed by atoms with Gasteiger partial charge in [-0.3, -0.25) is 23.9 Å². The van der Waals surface area contributed by atoms with E-state index in [0.29, 0.717) is 26.9 Å². The molecule has 0 N–H and O–H groups in total. The van der Waals surface area contributed by atoms with Crippen LogP contribution in [0.1, 0.15) is 29.8 Å². The molecule has 5 heterocycles. The van der Waals surface area contributed by atoms with E-state index in [1.54, 1.807) is 10.6 Å². The highest BCUT2D eigenvalue weighted by atomic mass is 79.9. The van der Waals surface area contributed by atoms with Crippen LogP contribution >= 0.6 is 15.9 Å². The largest absolute Gasteiger partial charge is 0.283 e. The van der Waals surface area contributed by atoms with Crippen molar-refractivity contribution in [2.75, 3.05) is 11.4 Å². The summed E-state index contributed by atoms with van der Waals surface area (Å²) in [6, 6.07) is 20.7. The molecule has 3 fully saturated rings. The topological polar surface area (TPSA) is 75.5 Å². The number of para-hydroxylation sites is 2. The fraction of sp³-hybridized carbons (Fsp3) is 0.267. The summed E-state index contributed by atoms with van der Waals surface area (Å²) in [5, 5.41) is 0.537. The SMILES string of the molecule is Cc1ccc(N2C(=O)C3C4CCCN4C4(c5ccccc5-n5c4nc4ccccc4c5=O)C3C2=O)c(Br)c1. The molecular formula is C30H23BrN4O3. The minimum absolute atomic E-state index is 0.103. The summed E-state index contributed by atoms with van der Waals surface area (Å²) in [4.78, 5) is 51.5. The normalized spacial score (nSPS) is 27.3. The average Bonchev–Trinajstić information content (AvgIpc) is 3.62. The van der Waals surface area contributed by atoms with Crippen molar-refractivity contribution in [3.05, 3.63) is 98.5 Å². The van der Waals surface area contributed by atoms with E-state index in [1.807, 2.05) is 67.6 Å². The van der Waals surface area contributed by atoms with Gasteiger partial charge in [-0.1, -0.05) is 36.4 Å². The van der Waals surface area contributed by atoms with E-state index in [0.717, 1.165) is 36.2 Å². The van der Waals surface area contributed by atoms with Crippen LogP contribution in [0.2, 0.25) is 0 Å². The highest BCUT2D eigenvalue weighted by Crippen LogP contribution is 2.62. The molecule has 1 aromatic heterocycles. The third kappa shape index (κ3) is 2.48. The van der Waals surface area contributed by atoms with Crippen molar-refractivity contribution in [3.63, 3.8) is 0 Å². The molecule has 4 aromatic rings. The Balaban J connectivity index is 1.45. The molecular weight excluding hydrogens is 544 g/mol. The molecule has 0 aliphatic carbocycles. The van der Waals surface area contributed by atoms with Gasteiger partial charge in [0.05, 0.1) is 34.1 Å². The van der Waals surface area contributed by atoms with Crippen molar-refractivity contribution in [1.82, 2.24) is 14.5 Å². The number of halogens is 1. The summed E-state index contributed by atoms with van der Waals surface area (Å²) in [6.07, 6.45) is 1.75. The first-order chi connectivity index (χ1) is 18.4. The monoisotopic (exact) mass is 566 g/mol. The Labute approximate surface area is 226 Å². The molecule has 2 amide bonds. The number of anilines is 1. The Morgan fingerprint density at radius 3 is 2.58 bits per heavy atom. The summed E-state index contributed by atoms with van der Waals surface area (Å²) in [5.41, 5.74) is 2.68. The van der Waals surface area contributed by atoms with Crippen LogP contribution < -0.4 is 10.5 Å². The van der Waals surface area contributed by atoms with Crippen LogP contribution in [0.25, 0.3) is 16.6 Å². The molecule has 0 radical (unpaired) electrons. The number of fused-ring (bicyclic) bond motifs is 11. The Hall–Kier alpha value is -3.62. The molecule has 3 saturated heterocycles. The number of benzene rings is 3. The quantitative estimate of drug-likeness (QED) is 0.321. The number of rotatable bonds is 1. The van der Waals surface area contributed by atoms with E-state index in [9.17, 15) is 14.4 Å². The molecule has 188 valence electrons. The number of aromatic nitrogens is 2. The Bertz CT molecular complexity index is 1800. The van der Waals surface area contributed by atoms with Crippen molar-refractivity contribution in [1.29, 1.82) is 0 Å². The predicted molar refractivity (Wildman–Crippen MR) is 146 cm³/mol. The summed E-state index contributed by atoms with van der Waals surface area (Å²) in [5.74, 6) is -1.05. The first-order valence-corrected chi connectivity index (χ1v) is 13.8. The minimum atomic E-state index is -0.996. The van der Waals surface area contributed by atoms with E-state index < -0.39 is 17.4 Å². The fourth-order valence-corrected chi connectivity index (χ4v) is 8.31. The number of carbonyl (C=O) groups excluding carboxylic acids is 2. The molecule has 4 unspecified atom stereocenters. The summed E-state index contributed by atoms with van der Waals surface area (Å²) in [6.45, 7) is 2.71. The number of imide groups is 1. The Kier molecular flexibility index (Phi) is 4.41. The smallest absolute Gasteiger partial charge is 0.266 e. The van der Waals surface area contributed by atoms with Crippen molar-refractivity contribution in [2.24, 2.45) is 11.8 Å². The maximum atomic E-state index is 14.5. The van der Waals surface area contributed by atoms with Gasteiger partial charge in [-0.15, -0.1) is 0 Å². The molecule has 1 spiro atoms. The number of hydrogen-bond acceptors (Lipinski definition) is 5. The van der Waals surface area contributed by atoms with Crippen LogP contribution in [0.5, 0.6) is 0 Å². The second-order valence-electron chi connectivity index (χ2n) is 10.7. The van der Waals surface area contributed by atoms with Crippen LogP contribution in [-0.4, -0.2) is 38.9 Å². The van der Waals surface area contributed by atoms with Crippen LogP contribution in [0.3, 0.4) is 0 Å². The number of carbonyl (C=O) groups is 2. The number of hydrogen-bond donors (Lipinski definition) is 0. The number of amides is 2. The van der Waals surface area contributed by atoms with Gasteiger partial charge in [-0.25, -0.2) is 9.88 Å². The predicted octanol–water partition coefficient (Wildman–Crippen LogP) is 4.30. The van der Waals surface area contributed by atoms with Gasteiger partial charge in [0.25, 0.3) is 5.56 Å². The van der Waals surface area contributed by atoms with Gasteiger partial charge in [0.1, 0.15) is 11.4 Å². The van der Waals surface area contributed by atoms with Crippen molar-refractivity contribution >= 4 is 44.3 Å². The lowest BCUT2D eigenvalue weighted by molar-refractivity contribution is -0.124. The number of nitrogens with zero attached hydrogens (tertiary/aromatic N) is 4. The lowest BCUT2D eigenvalue weighted by Gasteiger charge is -2.38. The van der Waals surface area contributed by atoms with Crippen molar-refractivity contribution < 1.29 is 9.59 Å². The first-order valence-electron chi connectivity index (χ1n) is 13.0. The number of aryl methyl sites for hydroxylation is 1. The second kappa shape index (κ2) is 7.48. The van der Waals surface area contributed by atoms with E-state index in [-0.39, 0.29) is 23.4 Å². The molecule has 4 atom stereocenters. The van der Waals surface area contributed by atoms with E-state index in [1.165, 1.54) is 4.90 Å². The van der Waals surface area contributed by atoms with Crippen LogP contribution in [-0.2, 0) is 15.1 Å². The van der Waals surface area contributed by atoms with E-state index in [4.69, 9.17) is 4.98 Å². The standard InChI is InChI=1S/C30H23BrN4O3/c1-16-12-13-22(19(31)15-16)34-27(37)24-23-11-6-14-33(23)30(25(24)28(34)38)18-8-3-5-10-21(18)35-26(36)17-7-2-4-9-20(17)32-29(30)35/h2-5,7-10,12-13,15,23-25H,6,11,14H2,1H3. The van der Waals surface area contributed by atoms with Gasteiger partial charge in [0.15, 0.2) is 0 Å². The second-order valence-corrected chi connectivity index (χ2v) is 11.6. The molecule has 4 aliphatic heterocycles. The highest BCUT2D eigenvalue weighted by Gasteiger charge is 2.73. The van der Waals surface area contributed by atoms with Crippen LogP contribution in [0.4, 0.5) is 5.69 Å². The van der Waals surface area contributed by atoms with Gasteiger partial charge in [-0.05, 0) is 78.1 Å². The van der Waals surface area contributed by atoms with Gasteiger partial charge >= 0.3 is 0 Å². The lowest BCUT2D eigenvalue weighted by atomic mass is 9.75. The van der Waals surface area contributed by atoms with Crippen molar-refractivity contribution in [2.45, 2.75) is 31.3 Å². The maximum Gasteiger partial charge on any atom is 0.266 e. The van der Waals surface area contributed by atoms with Crippen LogP contribution in [0.15, 0.2) is 76.0 Å². The van der Waals surface area contributed by atoms with Gasteiger partial charge < -0.3 is 0 Å². The zero-order chi connectivity index (χ0) is 25.9. The van der Waals surface area contributed by atoms with E-state index in [2.05, 4.69) is 20.8 Å². The minimum Gasteiger partial charge on any atom is -0.283 e. The van der Waals surface area contributed by atoms with Gasteiger partial charge in [0, 0.05) is 16.1 Å². The van der Waals surface area contributed by atoms with Crippen molar-refractivity contribution in [3.8, 4) is 5.69 Å². The summed E-state index contributed by atoms with van der Waals surface area (Å²) >= 11 is 3.60. The third-order valence-corrected chi connectivity index (χ3v) is 9.62. The lowest BCUT2D eigenvalue weighted by Crippen LogP contribution is -2.51. The van der Waals surface area contributed by atoms with Gasteiger partial charge in [-0.2, -0.15) is 0 Å². The molecule has 7 nitrogen and oxygen atoms in total. The maximum absolute atomic E-state index is 14.5. The Morgan fingerprint density at radius 1 is 0.947 bits per heavy atom.